The lowest BCUT2D eigenvalue weighted by Crippen LogP contribution is -2.48. The Morgan fingerprint density at radius 1 is 1.25 bits per heavy atom. The molecule has 6 nitrogen and oxygen atoms in total. The van der Waals surface area contributed by atoms with E-state index in [-0.39, 0.29) is 18.1 Å². The Hall–Kier alpha value is -2.13. The van der Waals surface area contributed by atoms with Crippen LogP contribution < -0.4 is 10.2 Å². The van der Waals surface area contributed by atoms with Gasteiger partial charge in [0.15, 0.2) is 5.13 Å². The number of carbonyl (C=O) groups is 1. The number of anilines is 1. The van der Waals surface area contributed by atoms with Gasteiger partial charge in [0.25, 0.3) is 5.91 Å². The Labute approximate surface area is 192 Å². The summed E-state index contributed by atoms with van der Waals surface area (Å²) in [6.07, 6.45) is 6.50. The van der Waals surface area contributed by atoms with Gasteiger partial charge in [-0.2, -0.15) is 0 Å². The lowest BCUT2D eigenvalue weighted by molar-refractivity contribution is 0.0945. The van der Waals surface area contributed by atoms with Crippen LogP contribution in [0.5, 0.6) is 0 Å². The summed E-state index contributed by atoms with van der Waals surface area (Å²) in [4.78, 5) is 27.0. The molecule has 2 aromatic rings. The first-order chi connectivity index (χ1) is 15.4. The van der Waals surface area contributed by atoms with E-state index in [0.29, 0.717) is 18.2 Å². The van der Waals surface area contributed by atoms with Crippen molar-refractivity contribution in [3.8, 4) is 0 Å². The van der Waals surface area contributed by atoms with Gasteiger partial charge in [0.2, 0.25) is 0 Å². The van der Waals surface area contributed by atoms with Crippen LogP contribution >= 0.6 is 11.3 Å². The standard InChI is InChI=1S/C23H31F2N5OS/c1-3-20-21(22(31)27-13-19-18(25)11-16(24)12-26-19)28-23(32-20)29-9-6-17(7-10-29)30-8-4-5-15(2)14-30/h11-12,15,17H,3-10,13-14H2,1-2H3,(H,27,31)/t15-/m1/s1. The summed E-state index contributed by atoms with van der Waals surface area (Å²) in [5, 5.41) is 3.55. The van der Waals surface area contributed by atoms with Crippen molar-refractivity contribution in [1.29, 1.82) is 0 Å². The SMILES string of the molecule is CCc1sc(N2CCC(N3CCC[C@@H](C)C3)CC2)nc1C(=O)NCc1ncc(F)cc1F. The van der Waals surface area contributed by atoms with E-state index >= 15 is 0 Å². The number of likely N-dealkylation sites (tertiary alicyclic amines) is 1. The van der Waals surface area contributed by atoms with E-state index in [1.165, 1.54) is 25.9 Å². The number of nitrogens with one attached hydrogen (secondary N) is 1. The van der Waals surface area contributed by atoms with Gasteiger partial charge < -0.3 is 10.2 Å². The molecule has 2 aliphatic heterocycles. The van der Waals surface area contributed by atoms with Crippen LogP contribution in [0.15, 0.2) is 12.3 Å². The number of hydrogen-bond acceptors (Lipinski definition) is 6. The largest absolute Gasteiger partial charge is 0.348 e. The first-order valence-corrected chi connectivity index (χ1v) is 12.3. The molecule has 1 amide bonds. The van der Waals surface area contributed by atoms with Crippen LogP contribution in [-0.2, 0) is 13.0 Å². The van der Waals surface area contributed by atoms with Crippen LogP contribution in [0.3, 0.4) is 0 Å². The Balaban J connectivity index is 1.37. The average molecular weight is 464 g/mol. The summed E-state index contributed by atoms with van der Waals surface area (Å²) in [5.41, 5.74) is 0.393. The molecule has 174 valence electrons. The second-order valence-corrected chi connectivity index (χ2v) is 9.91. The van der Waals surface area contributed by atoms with Crippen LogP contribution in [-0.4, -0.2) is 53.0 Å². The van der Waals surface area contributed by atoms with Crippen LogP contribution in [0, 0.1) is 17.6 Å². The monoisotopic (exact) mass is 463 g/mol. The predicted molar refractivity (Wildman–Crippen MR) is 122 cm³/mol. The molecule has 9 heteroatoms. The minimum absolute atomic E-state index is 0.00218. The highest BCUT2D eigenvalue weighted by Gasteiger charge is 2.29. The fourth-order valence-corrected chi connectivity index (χ4v) is 5.74. The Morgan fingerprint density at radius 2 is 2.03 bits per heavy atom. The molecule has 0 unspecified atom stereocenters. The molecule has 1 N–H and O–H groups in total. The molecule has 32 heavy (non-hydrogen) atoms. The van der Waals surface area contributed by atoms with Crippen molar-refractivity contribution in [2.75, 3.05) is 31.1 Å². The van der Waals surface area contributed by atoms with E-state index < -0.39 is 11.6 Å². The van der Waals surface area contributed by atoms with E-state index in [1.807, 2.05) is 6.92 Å². The van der Waals surface area contributed by atoms with E-state index in [2.05, 4.69) is 32.0 Å². The molecule has 0 aromatic carbocycles. The molecule has 2 fully saturated rings. The first kappa shape index (κ1) is 23.0. The van der Waals surface area contributed by atoms with Crippen molar-refractivity contribution < 1.29 is 13.6 Å². The van der Waals surface area contributed by atoms with Gasteiger partial charge in [-0.05, 0) is 44.6 Å². The van der Waals surface area contributed by atoms with Crippen molar-refractivity contribution in [2.45, 2.75) is 58.5 Å². The normalized spacial score (nSPS) is 20.5. The molecule has 1 atom stereocenters. The van der Waals surface area contributed by atoms with Gasteiger partial charge in [0.05, 0.1) is 18.4 Å². The summed E-state index contributed by atoms with van der Waals surface area (Å²) >= 11 is 1.56. The summed E-state index contributed by atoms with van der Waals surface area (Å²) < 4.78 is 26.8. The average Bonchev–Trinajstić information content (AvgIpc) is 3.23. The van der Waals surface area contributed by atoms with E-state index in [0.717, 1.165) is 54.1 Å². The molecule has 4 heterocycles. The first-order valence-electron chi connectivity index (χ1n) is 11.5. The number of rotatable bonds is 6. The molecule has 2 aliphatic rings. The molecule has 4 rings (SSSR count). The zero-order chi connectivity index (χ0) is 22.7. The van der Waals surface area contributed by atoms with E-state index in [9.17, 15) is 13.6 Å². The van der Waals surface area contributed by atoms with Gasteiger partial charge in [-0.15, -0.1) is 11.3 Å². The van der Waals surface area contributed by atoms with Crippen LogP contribution in [0.25, 0.3) is 0 Å². The van der Waals surface area contributed by atoms with Gasteiger partial charge in [-0.3, -0.25) is 14.7 Å². The molecular weight excluding hydrogens is 432 g/mol. The fourth-order valence-electron chi connectivity index (χ4n) is 4.69. The maximum absolute atomic E-state index is 13.8. The summed E-state index contributed by atoms with van der Waals surface area (Å²) in [6, 6.07) is 1.40. The predicted octanol–water partition coefficient (Wildman–Crippen LogP) is 4.01. The molecule has 0 spiro atoms. The zero-order valence-electron chi connectivity index (χ0n) is 18.7. The summed E-state index contributed by atoms with van der Waals surface area (Å²) in [5.74, 6) is -1.08. The number of amides is 1. The second kappa shape index (κ2) is 10.2. The van der Waals surface area contributed by atoms with Crippen LogP contribution in [0.1, 0.15) is 60.6 Å². The van der Waals surface area contributed by atoms with Crippen molar-refractivity contribution in [2.24, 2.45) is 5.92 Å². The number of aromatic nitrogens is 2. The topological polar surface area (TPSA) is 61.4 Å². The quantitative estimate of drug-likeness (QED) is 0.702. The van der Waals surface area contributed by atoms with Crippen LogP contribution in [0.2, 0.25) is 0 Å². The lowest BCUT2D eigenvalue weighted by Gasteiger charge is -2.41. The smallest absolute Gasteiger partial charge is 0.271 e. The molecular formula is C23H31F2N5OS. The van der Waals surface area contributed by atoms with E-state index in [4.69, 9.17) is 0 Å². The Bertz CT molecular complexity index is 944. The van der Waals surface area contributed by atoms with Gasteiger partial charge in [0.1, 0.15) is 17.3 Å². The molecule has 0 aliphatic carbocycles. The fraction of sp³-hybridized carbons (Fsp3) is 0.609. The number of pyridine rings is 1. The maximum atomic E-state index is 13.8. The maximum Gasteiger partial charge on any atom is 0.271 e. The third-order valence-electron chi connectivity index (χ3n) is 6.46. The summed E-state index contributed by atoms with van der Waals surface area (Å²) in [6.45, 7) is 8.53. The molecule has 0 bridgehead atoms. The molecule has 2 aromatic heterocycles. The highest BCUT2D eigenvalue weighted by atomic mass is 32.1. The van der Waals surface area contributed by atoms with Gasteiger partial charge in [-0.1, -0.05) is 13.8 Å². The minimum atomic E-state index is -0.772. The molecule has 0 saturated carbocycles. The Morgan fingerprint density at radius 3 is 2.72 bits per heavy atom. The van der Waals surface area contributed by atoms with Gasteiger partial charge in [0, 0.05) is 36.6 Å². The van der Waals surface area contributed by atoms with Crippen molar-refractivity contribution in [3.05, 3.63) is 40.2 Å². The number of nitrogens with zero attached hydrogens (tertiary/aromatic N) is 4. The number of aryl methyl sites for hydroxylation is 1. The highest BCUT2D eigenvalue weighted by molar-refractivity contribution is 7.15. The third-order valence-corrected chi connectivity index (χ3v) is 7.72. The number of halogens is 2. The highest BCUT2D eigenvalue weighted by Crippen LogP contribution is 2.31. The Kier molecular flexibility index (Phi) is 7.35. The lowest BCUT2D eigenvalue weighted by atomic mass is 9.95. The second-order valence-electron chi connectivity index (χ2n) is 8.85. The number of hydrogen-bond donors (Lipinski definition) is 1. The third kappa shape index (κ3) is 5.26. The van der Waals surface area contributed by atoms with Crippen molar-refractivity contribution in [3.63, 3.8) is 0 Å². The van der Waals surface area contributed by atoms with Crippen molar-refractivity contribution in [1.82, 2.24) is 20.2 Å². The molecule has 0 radical (unpaired) electrons. The minimum Gasteiger partial charge on any atom is -0.348 e. The van der Waals surface area contributed by atoms with Gasteiger partial charge >= 0.3 is 0 Å². The number of carbonyl (C=O) groups excluding carboxylic acids is 1. The van der Waals surface area contributed by atoms with Crippen LogP contribution in [0.4, 0.5) is 13.9 Å². The van der Waals surface area contributed by atoms with Crippen molar-refractivity contribution >= 4 is 22.4 Å². The zero-order valence-corrected chi connectivity index (χ0v) is 19.6. The van der Waals surface area contributed by atoms with Gasteiger partial charge in [-0.25, -0.2) is 13.8 Å². The number of thiazole rings is 1. The number of piperidine rings is 2. The summed E-state index contributed by atoms with van der Waals surface area (Å²) in [7, 11) is 0. The molecule has 2 saturated heterocycles. The van der Waals surface area contributed by atoms with E-state index in [1.54, 1.807) is 11.3 Å².